The number of nitrogens with zero attached hydrogens (tertiary/aromatic N) is 5. The van der Waals surface area contributed by atoms with Crippen molar-refractivity contribution < 1.29 is 9.53 Å². The number of carbonyl (C=O) groups excluding carboxylic acids is 1. The van der Waals surface area contributed by atoms with E-state index in [0.717, 1.165) is 11.3 Å². The lowest BCUT2D eigenvalue weighted by Gasteiger charge is -2.38. The lowest BCUT2D eigenvalue weighted by atomic mass is 10.1. The lowest BCUT2D eigenvalue weighted by molar-refractivity contribution is 0.0152. The summed E-state index contributed by atoms with van der Waals surface area (Å²) < 4.78 is 7.34. The number of benzene rings is 1. The summed E-state index contributed by atoms with van der Waals surface area (Å²) in [6, 6.07) is 16.8. The quantitative estimate of drug-likeness (QED) is 0.713. The molecule has 0 unspecified atom stereocenters. The molecule has 0 spiro atoms. The van der Waals surface area contributed by atoms with E-state index in [2.05, 4.69) is 16.2 Å². The van der Waals surface area contributed by atoms with Crippen LogP contribution in [0.25, 0.3) is 11.3 Å². The number of carbonyl (C=O) groups is 1. The molecule has 1 aliphatic rings. The Balaban J connectivity index is 1.41. The first kappa shape index (κ1) is 16.8. The van der Waals surface area contributed by atoms with Gasteiger partial charge in [0.1, 0.15) is 11.8 Å². The number of aromatic nitrogens is 3. The predicted molar refractivity (Wildman–Crippen MR) is 97.9 cm³/mol. The van der Waals surface area contributed by atoms with Crippen molar-refractivity contribution in [3.63, 3.8) is 0 Å². The molecular formula is C20H17N5O2. The third-order valence-corrected chi connectivity index (χ3v) is 4.46. The van der Waals surface area contributed by atoms with Crippen LogP contribution in [0.15, 0.2) is 54.7 Å². The third kappa shape index (κ3) is 3.37. The highest BCUT2D eigenvalue weighted by Crippen LogP contribution is 2.22. The second-order valence-corrected chi connectivity index (χ2v) is 6.35. The van der Waals surface area contributed by atoms with Crippen LogP contribution in [0.3, 0.4) is 0 Å². The first-order chi connectivity index (χ1) is 13.1. The van der Waals surface area contributed by atoms with Gasteiger partial charge >= 0.3 is 0 Å². The van der Waals surface area contributed by atoms with E-state index in [0.29, 0.717) is 30.2 Å². The summed E-state index contributed by atoms with van der Waals surface area (Å²) >= 11 is 0. The van der Waals surface area contributed by atoms with Gasteiger partial charge in [-0.1, -0.05) is 30.3 Å². The van der Waals surface area contributed by atoms with Crippen molar-refractivity contribution >= 4 is 5.91 Å². The fourth-order valence-electron chi connectivity index (χ4n) is 2.97. The van der Waals surface area contributed by atoms with E-state index in [1.165, 1.54) is 6.20 Å². The highest BCUT2D eigenvalue weighted by Gasteiger charge is 2.34. The molecule has 1 amide bonds. The highest BCUT2D eigenvalue weighted by atomic mass is 16.5. The number of hydrogen-bond donors (Lipinski definition) is 0. The van der Waals surface area contributed by atoms with Crippen molar-refractivity contribution in [1.29, 1.82) is 5.26 Å². The molecule has 0 saturated carbocycles. The second kappa shape index (κ2) is 6.92. The molecule has 7 nitrogen and oxygen atoms in total. The van der Waals surface area contributed by atoms with E-state index in [4.69, 9.17) is 10.00 Å². The van der Waals surface area contributed by atoms with Gasteiger partial charge in [0.25, 0.3) is 5.91 Å². The van der Waals surface area contributed by atoms with Crippen LogP contribution in [0, 0.1) is 11.3 Å². The number of hydrogen-bond acceptors (Lipinski definition) is 5. The second-order valence-electron chi connectivity index (χ2n) is 6.35. The molecule has 134 valence electrons. The summed E-state index contributed by atoms with van der Waals surface area (Å²) in [7, 11) is 1.77. The molecule has 1 aromatic carbocycles. The number of likely N-dealkylation sites (tertiary alicyclic amines) is 1. The van der Waals surface area contributed by atoms with Crippen LogP contribution in [0.4, 0.5) is 0 Å². The Morgan fingerprint density at radius 2 is 2.00 bits per heavy atom. The van der Waals surface area contributed by atoms with Crippen molar-refractivity contribution in [3.05, 3.63) is 66.0 Å². The van der Waals surface area contributed by atoms with Crippen LogP contribution in [0.5, 0.6) is 5.88 Å². The third-order valence-electron chi connectivity index (χ3n) is 4.46. The van der Waals surface area contributed by atoms with Crippen LogP contribution in [0.2, 0.25) is 0 Å². The maximum Gasteiger partial charge on any atom is 0.272 e. The minimum absolute atomic E-state index is 0.0780. The van der Waals surface area contributed by atoms with Gasteiger partial charge in [0, 0.05) is 24.9 Å². The minimum Gasteiger partial charge on any atom is -0.471 e. The molecule has 1 saturated heterocycles. The number of pyridine rings is 1. The lowest BCUT2D eigenvalue weighted by Crippen LogP contribution is -2.56. The van der Waals surface area contributed by atoms with Crippen molar-refractivity contribution in [2.75, 3.05) is 13.1 Å². The van der Waals surface area contributed by atoms with E-state index in [1.807, 2.05) is 36.4 Å². The number of aryl methyl sites for hydroxylation is 1. The van der Waals surface area contributed by atoms with Gasteiger partial charge in [0.15, 0.2) is 0 Å². The number of rotatable bonds is 4. The molecule has 3 aromatic rings. The molecule has 0 atom stereocenters. The largest absolute Gasteiger partial charge is 0.471 e. The molecule has 1 aliphatic heterocycles. The normalized spacial score (nSPS) is 13.7. The average Bonchev–Trinajstić information content (AvgIpc) is 3.06. The Morgan fingerprint density at radius 3 is 2.74 bits per heavy atom. The fraction of sp³-hybridized carbons (Fsp3) is 0.200. The van der Waals surface area contributed by atoms with Gasteiger partial charge in [-0.2, -0.15) is 10.4 Å². The highest BCUT2D eigenvalue weighted by molar-refractivity contribution is 5.94. The Kier molecular flexibility index (Phi) is 4.30. The van der Waals surface area contributed by atoms with Gasteiger partial charge < -0.3 is 9.64 Å². The molecule has 1 fully saturated rings. The molecule has 2 aromatic heterocycles. The van der Waals surface area contributed by atoms with E-state index < -0.39 is 0 Å². The zero-order chi connectivity index (χ0) is 18.8. The van der Waals surface area contributed by atoms with Crippen molar-refractivity contribution in [3.8, 4) is 23.2 Å². The number of ether oxygens (including phenoxy) is 1. The molecule has 27 heavy (non-hydrogen) atoms. The van der Waals surface area contributed by atoms with Crippen molar-refractivity contribution in [1.82, 2.24) is 19.7 Å². The Morgan fingerprint density at radius 1 is 1.22 bits per heavy atom. The van der Waals surface area contributed by atoms with Gasteiger partial charge in [0.2, 0.25) is 5.88 Å². The molecule has 7 heteroatoms. The summed E-state index contributed by atoms with van der Waals surface area (Å²) in [5.41, 5.74) is 2.78. The van der Waals surface area contributed by atoms with E-state index in [1.54, 1.807) is 28.8 Å². The number of nitriles is 1. The van der Waals surface area contributed by atoms with Crippen LogP contribution >= 0.6 is 0 Å². The molecule has 3 heterocycles. The van der Waals surface area contributed by atoms with Crippen molar-refractivity contribution in [2.24, 2.45) is 7.05 Å². The first-order valence-electron chi connectivity index (χ1n) is 8.55. The zero-order valence-electron chi connectivity index (χ0n) is 14.7. The molecule has 0 aliphatic carbocycles. The van der Waals surface area contributed by atoms with Crippen LogP contribution in [0.1, 0.15) is 16.1 Å². The summed E-state index contributed by atoms with van der Waals surface area (Å²) in [5, 5.41) is 13.4. The minimum atomic E-state index is -0.128. The van der Waals surface area contributed by atoms with Crippen LogP contribution in [-0.4, -0.2) is 44.8 Å². The van der Waals surface area contributed by atoms with Crippen LogP contribution in [-0.2, 0) is 7.05 Å². The monoisotopic (exact) mass is 359 g/mol. The fourth-order valence-corrected chi connectivity index (χ4v) is 2.97. The molecule has 4 rings (SSSR count). The predicted octanol–water partition coefficient (Wildman–Crippen LogP) is 2.26. The van der Waals surface area contributed by atoms with Gasteiger partial charge in [-0.3, -0.25) is 9.48 Å². The van der Waals surface area contributed by atoms with E-state index in [9.17, 15) is 4.79 Å². The Hall–Kier alpha value is -3.66. The topological polar surface area (TPSA) is 84.0 Å². The van der Waals surface area contributed by atoms with E-state index >= 15 is 0 Å². The van der Waals surface area contributed by atoms with Gasteiger partial charge in [-0.25, -0.2) is 4.98 Å². The van der Waals surface area contributed by atoms with Gasteiger partial charge in [0.05, 0.1) is 30.4 Å². The Bertz CT molecular complexity index is 1020. The summed E-state index contributed by atoms with van der Waals surface area (Å²) in [4.78, 5) is 18.6. The molecular weight excluding hydrogens is 342 g/mol. The summed E-state index contributed by atoms with van der Waals surface area (Å²) in [6.45, 7) is 0.951. The SMILES string of the molecule is Cn1nc(-c2ccccc2)cc1C(=O)N1CC(Oc2cc(C#N)ccn2)C1. The van der Waals surface area contributed by atoms with E-state index in [-0.39, 0.29) is 12.0 Å². The summed E-state index contributed by atoms with van der Waals surface area (Å²) in [6.07, 6.45) is 1.41. The first-order valence-corrected chi connectivity index (χ1v) is 8.55. The molecule has 0 radical (unpaired) electrons. The number of amides is 1. The van der Waals surface area contributed by atoms with Crippen molar-refractivity contribution in [2.45, 2.75) is 6.10 Å². The maximum absolute atomic E-state index is 12.7. The van der Waals surface area contributed by atoms with Crippen LogP contribution < -0.4 is 4.74 Å². The zero-order valence-corrected chi connectivity index (χ0v) is 14.7. The molecule has 0 bridgehead atoms. The standard InChI is InChI=1S/C20H17N5O2/c1-24-18(10-17(23-24)15-5-3-2-4-6-15)20(26)25-12-16(13-25)27-19-9-14(11-21)7-8-22-19/h2-10,16H,12-13H2,1H3. The molecule has 0 N–H and O–H groups in total. The average molecular weight is 359 g/mol. The maximum atomic E-state index is 12.7. The van der Waals surface area contributed by atoms with Gasteiger partial charge in [-0.05, 0) is 12.1 Å². The smallest absolute Gasteiger partial charge is 0.272 e. The Labute approximate surface area is 156 Å². The van der Waals surface area contributed by atoms with Gasteiger partial charge in [-0.15, -0.1) is 0 Å². The summed E-state index contributed by atoms with van der Waals surface area (Å²) in [5.74, 6) is 0.323.